The highest BCUT2D eigenvalue weighted by Gasteiger charge is 2.29. The number of carbonyl (C=O) groups excluding carboxylic acids is 1. The summed E-state index contributed by atoms with van der Waals surface area (Å²) in [5.41, 5.74) is 1.64. The zero-order chi connectivity index (χ0) is 14.2. The fourth-order valence-corrected chi connectivity index (χ4v) is 4.35. The number of rotatable bonds is 3. The lowest BCUT2D eigenvalue weighted by Crippen LogP contribution is -2.18. The number of amides is 1. The summed E-state index contributed by atoms with van der Waals surface area (Å²) in [5, 5.41) is 2.69. The molecular formula is C13H15N3O3S. The molecule has 3 rings (SSSR count). The molecule has 2 N–H and O–H groups in total. The van der Waals surface area contributed by atoms with Crippen molar-refractivity contribution in [3.8, 4) is 0 Å². The second-order valence-corrected chi connectivity index (χ2v) is 7.35. The molecule has 0 spiro atoms. The summed E-state index contributed by atoms with van der Waals surface area (Å²) >= 11 is 0. The highest BCUT2D eigenvalue weighted by atomic mass is 32.2. The van der Waals surface area contributed by atoms with Crippen LogP contribution < -0.4 is 5.32 Å². The molecule has 0 aliphatic carbocycles. The van der Waals surface area contributed by atoms with Crippen LogP contribution in [0.15, 0.2) is 24.3 Å². The first-order valence-corrected chi connectivity index (χ1v) is 8.29. The fraction of sp³-hybridized carbons (Fsp3) is 0.385. The van der Waals surface area contributed by atoms with E-state index in [1.54, 1.807) is 0 Å². The Labute approximate surface area is 116 Å². The number of nitrogens with zero attached hydrogens (tertiary/aromatic N) is 1. The average Bonchev–Trinajstić information content (AvgIpc) is 2.91. The molecule has 1 aliphatic rings. The Morgan fingerprint density at radius 1 is 1.40 bits per heavy atom. The lowest BCUT2D eigenvalue weighted by Gasteiger charge is -2.06. The summed E-state index contributed by atoms with van der Waals surface area (Å²) in [4.78, 5) is 19.1. The molecule has 20 heavy (non-hydrogen) atoms. The molecule has 0 radical (unpaired) electrons. The van der Waals surface area contributed by atoms with E-state index >= 15 is 0 Å². The first-order valence-electron chi connectivity index (χ1n) is 6.47. The van der Waals surface area contributed by atoms with Gasteiger partial charge in [0.1, 0.15) is 0 Å². The standard InChI is InChI=1S/C13H15N3O3S/c17-12(7-9-5-6-20(18,19)8-9)16-13-14-10-3-1-2-4-11(10)15-13/h1-4,9H,5-8H2,(H2,14,15,16,17). The van der Waals surface area contributed by atoms with Gasteiger partial charge in [0.2, 0.25) is 11.9 Å². The number of imidazole rings is 1. The number of anilines is 1. The quantitative estimate of drug-likeness (QED) is 0.893. The van der Waals surface area contributed by atoms with E-state index in [4.69, 9.17) is 0 Å². The predicted octanol–water partition coefficient (Wildman–Crippen LogP) is 1.33. The molecule has 1 aliphatic heterocycles. The van der Waals surface area contributed by atoms with Gasteiger partial charge in [-0.15, -0.1) is 0 Å². The maximum atomic E-state index is 11.9. The monoisotopic (exact) mass is 293 g/mol. The molecule has 2 heterocycles. The first-order chi connectivity index (χ1) is 9.52. The van der Waals surface area contributed by atoms with E-state index in [0.717, 1.165) is 11.0 Å². The molecule has 1 fully saturated rings. The molecule has 1 saturated heterocycles. The second-order valence-electron chi connectivity index (χ2n) is 5.12. The number of H-pyrrole nitrogens is 1. The van der Waals surface area contributed by atoms with Gasteiger partial charge in [0.05, 0.1) is 22.5 Å². The summed E-state index contributed by atoms with van der Waals surface area (Å²) < 4.78 is 22.7. The zero-order valence-corrected chi connectivity index (χ0v) is 11.6. The van der Waals surface area contributed by atoms with Gasteiger partial charge in [-0.1, -0.05) is 12.1 Å². The van der Waals surface area contributed by atoms with Crippen molar-refractivity contribution >= 4 is 32.7 Å². The first kappa shape index (κ1) is 13.1. The van der Waals surface area contributed by atoms with Crippen molar-refractivity contribution in [1.82, 2.24) is 9.97 Å². The molecule has 106 valence electrons. The van der Waals surface area contributed by atoms with Crippen LogP contribution >= 0.6 is 0 Å². The normalized spacial score (nSPS) is 21.1. The highest BCUT2D eigenvalue weighted by Crippen LogP contribution is 2.22. The maximum absolute atomic E-state index is 11.9. The van der Waals surface area contributed by atoms with Gasteiger partial charge in [0, 0.05) is 6.42 Å². The van der Waals surface area contributed by atoms with Crippen molar-refractivity contribution in [3.63, 3.8) is 0 Å². The number of hydrogen-bond donors (Lipinski definition) is 2. The van der Waals surface area contributed by atoms with Crippen LogP contribution in [0.1, 0.15) is 12.8 Å². The molecule has 7 heteroatoms. The molecule has 2 aromatic rings. The Hall–Kier alpha value is -1.89. The van der Waals surface area contributed by atoms with Crippen LogP contribution in [0, 0.1) is 5.92 Å². The Kier molecular flexibility index (Phi) is 3.21. The Balaban J connectivity index is 1.64. The number of para-hydroxylation sites is 2. The number of fused-ring (bicyclic) bond motifs is 1. The van der Waals surface area contributed by atoms with Gasteiger partial charge in [-0.25, -0.2) is 13.4 Å². The van der Waals surface area contributed by atoms with Crippen molar-refractivity contribution < 1.29 is 13.2 Å². The molecule has 6 nitrogen and oxygen atoms in total. The SMILES string of the molecule is O=C(CC1CCS(=O)(=O)C1)Nc1nc2ccccc2[nH]1. The molecule has 1 aromatic carbocycles. The van der Waals surface area contributed by atoms with Crippen molar-refractivity contribution in [1.29, 1.82) is 0 Å². The Morgan fingerprint density at radius 3 is 2.90 bits per heavy atom. The van der Waals surface area contributed by atoms with Crippen molar-refractivity contribution in [2.45, 2.75) is 12.8 Å². The zero-order valence-electron chi connectivity index (χ0n) is 10.8. The number of aromatic nitrogens is 2. The topological polar surface area (TPSA) is 91.9 Å². The largest absolute Gasteiger partial charge is 0.324 e. The van der Waals surface area contributed by atoms with Crippen molar-refractivity contribution in [2.75, 3.05) is 16.8 Å². The Bertz CT molecular complexity index is 718. The van der Waals surface area contributed by atoms with Crippen LogP contribution in [0.3, 0.4) is 0 Å². The predicted molar refractivity (Wildman–Crippen MR) is 76.1 cm³/mol. The van der Waals surface area contributed by atoms with Gasteiger partial charge < -0.3 is 4.98 Å². The van der Waals surface area contributed by atoms with Gasteiger partial charge in [-0.05, 0) is 24.5 Å². The lowest BCUT2D eigenvalue weighted by atomic mass is 10.1. The van der Waals surface area contributed by atoms with E-state index in [2.05, 4.69) is 15.3 Å². The minimum atomic E-state index is -2.94. The molecular weight excluding hydrogens is 278 g/mol. The van der Waals surface area contributed by atoms with E-state index in [1.807, 2.05) is 24.3 Å². The summed E-state index contributed by atoms with van der Waals surface area (Å²) in [5.74, 6) is 0.420. The van der Waals surface area contributed by atoms with E-state index in [1.165, 1.54) is 0 Å². The third-order valence-electron chi connectivity index (χ3n) is 3.45. The molecule has 0 bridgehead atoms. The molecule has 0 saturated carbocycles. The molecule has 1 amide bonds. The number of aromatic amines is 1. The minimum absolute atomic E-state index is 0.0793. The highest BCUT2D eigenvalue weighted by molar-refractivity contribution is 7.91. The smallest absolute Gasteiger partial charge is 0.226 e. The number of sulfone groups is 1. The third-order valence-corrected chi connectivity index (χ3v) is 5.28. The van der Waals surface area contributed by atoms with Crippen LogP contribution in [0.25, 0.3) is 11.0 Å². The van der Waals surface area contributed by atoms with Gasteiger partial charge in [-0.2, -0.15) is 0 Å². The van der Waals surface area contributed by atoms with E-state index in [-0.39, 0.29) is 29.8 Å². The molecule has 1 aromatic heterocycles. The van der Waals surface area contributed by atoms with E-state index < -0.39 is 9.84 Å². The summed E-state index contributed by atoms with van der Waals surface area (Å²) in [6.45, 7) is 0. The van der Waals surface area contributed by atoms with Gasteiger partial charge in [0.25, 0.3) is 0 Å². The molecule has 1 atom stereocenters. The van der Waals surface area contributed by atoms with E-state index in [9.17, 15) is 13.2 Å². The Morgan fingerprint density at radius 2 is 2.20 bits per heavy atom. The van der Waals surface area contributed by atoms with Crippen LogP contribution in [0.2, 0.25) is 0 Å². The number of hydrogen-bond acceptors (Lipinski definition) is 4. The second kappa shape index (κ2) is 4.90. The average molecular weight is 293 g/mol. The van der Waals surface area contributed by atoms with Crippen molar-refractivity contribution in [2.24, 2.45) is 5.92 Å². The van der Waals surface area contributed by atoms with Gasteiger partial charge in [-0.3, -0.25) is 10.1 Å². The number of nitrogens with one attached hydrogen (secondary N) is 2. The minimum Gasteiger partial charge on any atom is -0.324 e. The van der Waals surface area contributed by atoms with Crippen LogP contribution in [-0.4, -0.2) is 35.8 Å². The fourth-order valence-electron chi connectivity index (χ4n) is 2.49. The summed E-state index contributed by atoms with van der Waals surface area (Å²) in [6, 6.07) is 7.49. The van der Waals surface area contributed by atoms with Crippen molar-refractivity contribution in [3.05, 3.63) is 24.3 Å². The molecule has 1 unspecified atom stereocenters. The van der Waals surface area contributed by atoms with E-state index in [0.29, 0.717) is 12.4 Å². The summed E-state index contributed by atoms with van der Waals surface area (Å²) in [6.07, 6.45) is 0.784. The lowest BCUT2D eigenvalue weighted by molar-refractivity contribution is -0.116. The maximum Gasteiger partial charge on any atom is 0.226 e. The third kappa shape index (κ3) is 2.82. The number of benzene rings is 1. The van der Waals surface area contributed by atoms with Gasteiger partial charge in [0.15, 0.2) is 9.84 Å². The van der Waals surface area contributed by atoms with Gasteiger partial charge >= 0.3 is 0 Å². The number of carbonyl (C=O) groups is 1. The van der Waals surface area contributed by atoms with Crippen LogP contribution in [0.4, 0.5) is 5.95 Å². The van der Waals surface area contributed by atoms with Crippen LogP contribution in [-0.2, 0) is 14.6 Å². The summed E-state index contributed by atoms with van der Waals surface area (Å²) in [7, 11) is -2.94. The van der Waals surface area contributed by atoms with Crippen LogP contribution in [0.5, 0.6) is 0 Å².